The van der Waals surface area contributed by atoms with Gasteiger partial charge in [-0.2, -0.15) is 13.2 Å². The first-order valence-corrected chi connectivity index (χ1v) is 16.5. The number of hydrogen-bond donors (Lipinski definition) is 1. The van der Waals surface area contributed by atoms with Crippen LogP contribution in [-0.4, -0.2) is 55.7 Å². The average Bonchev–Trinajstić information content (AvgIpc) is 3.08. The molecule has 2 aromatic carbocycles. The van der Waals surface area contributed by atoms with E-state index in [9.17, 15) is 26.7 Å². The van der Waals surface area contributed by atoms with Gasteiger partial charge in [0.25, 0.3) is 0 Å². The summed E-state index contributed by atoms with van der Waals surface area (Å²) in [6, 6.07) is 16.4. The SMILES string of the molecule is CCN(CCCCCCC1=C(c2ccccc2)CCCc2cc(O)ccc21)CCCS(=O)(=O)CCCC(F)(F)F. The van der Waals surface area contributed by atoms with Crippen LogP contribution in [-0.2, 0) is 16.3 Å². The Kier molecular flexibility index (Phi) is 12.6. The van der Waals surface area contributed by atoms with Gasteiger partial charge in [0, 0.05) is 6.42 Å². The molecule has 1 aliphatic rings. The van der Waals surface area contributed by atoms with Crippen LogP contribution in [0, 0.1) is 0 Å². The van der Waals surface area contributed by atoms with Gasteiger partial charge in [0.15, 0.2) is 0 Å². The Hall–Kier alpha value is -2.32. The van der Waals surface area contributed by atoms with Crippen molar-refractivity contribution in [3.05, 3.63) is 65.2 Å². The maximum atomic E-state index is 12.3. The van der Waals surface area contributed by atoms with E-state index in [4.69, 9.17) is 0 Å². The van der Waals surface area contributed by atoms with Crippen LogP contribution in [0.25, 0.3) is 11.1 Å². The third kappa shape index (κ3) is 10.9. The van der Waals surface area contributed by atoms with Crippen molar-refractivity contribution in [3.63, 3.8) is 0 Å². The minimum absolute atomic E-state index is 0.0561. The molecule has 8 heteroatoms. The number of rotatable bonds is 16. The zero-order valence-corrected chi connectivity index (χ0v) is 24.5. The third-order valence-electron chi connectivity index (χ3n) is 7.72. The Morgan fingerprint density at radius 1 is 0.875 bits per heavy atom. The van der Waals surface area contributed by atoms with Crippen molar-refractivity contribution in [3.8, 4) is 5.75 Å². The number of alkyl halides is 3. The molecule has 0 aromatic heterocycles. The molecule has 0 heterocycles. The molecule has 0 saturated heterocycles. The summed E-state index contributed by atoms with van der Waals surface area (Å²) in [6.07, 6.45) is 3.08. The summed E-state index contributed by atoms with van der Waals surface area (Å²) >= 11 is 0. The summed E-state index contributed by atoms with van der Waals surface area (Å²) < 4.78 is 61.0. The van der Waals surface area contributed by atoms with Crippen molar-refractivity contribution in [2.45, 2.75) is 83.7 Å². The summed E-state index contributed by atoms with van der Waals surface area (Å²) in [6.45, 7) is 4.42. The number of unbranched alkanes of at least 4 members (excludes halogenated alkanes) is 3. The number of fused-ring (bicyclic) bond motifs is 1. The van der Waals surface area contributed by atoms with Crippen LogP contribution in [0.5, 0.6) is 5.75 Å². The van der Waals surface area contributed by atoms with Crippen LogP contribution in [0.1, 0.15) is 87.8 Å². The fourth-order valence-electron chi connectivity index (χ4n) is 5.62. The van der Waals surface area contributed by atoms with Crippen LogP contribution >= 0.6 is 0 Å². The Morgan fingerprint density at radius 2 is 1.57 bits per heavy atom. The van der Waals surface area contributed by atoms with E-state index >= 15 is 0 Å². The Morgan fingerprint density at radius 3 is 2.30 bits per heavy atom. The van der Waals surface area contributed by atoms with Gasteiger partial charge in [0.1, 0.15) is 15.6 Å². The highest BCUT2D eigenvalue weighted by molar-refractivity contribution is 7.91. The predicted molar refractivity (Wildman–Crippen MR) is 158 cm³/mol. The minimum atomic E-state index is -4.31. The smallest absolute Gasteiger partial charge is 0.389 e. The molecular formula is C32H44F3NO3S. The number of nitrogens with zero attached hydrogens (tertiary/aromatic N) is 1. The van der Waals surface area contributed by atoms with Gasteiger partial charge in [-0.1, -0.05) is 56.2 Å². The van der Waals surface area contributed by atoms with Crippen molar-refractivity contribution in [1.29, 1.82) is 0 Å². The Bertz CT molecular complexity index is 1190. The van der Waals surface area contributed by atoms with Crippen LogP contribution in [0.2, 0.25) is 0 Å². The molecule has 0 unspecified atom stereocenters. The number of hydrogen-bond acceptors (Lipinski definition) is 4. The summed E-state index contributed by atoms with van der Waals surface area (Å²) in [5.74, 6) is -0.132. The molecule has 0 radical (unpaired) electrons. The zero-order valence-electron chi connectivity index (χ0n) is 23.7. The van der Waals surface area contributed by atoms with Crippen molar-refractivity contribution in [2.75, 3.05) is 31.1 Å². The van der Waals surface area contributed by atoms with Crippen molar-refractivity contribution >= 4 is 21.0 Å². The number of aromatic hydroxyl groups is 1. The number of aryl methyl sites for hydroxylation is 1. The Balaban J connectivity index is 1.46. The van der Waals surface area contributed by atoms with E-state index in [-0.39, 0.29) is 12.2 Å². The second-order valence-electron chi connectivity index (χ2n) is 10.8. The van der Waals surface area contributed by atoms with E-state index < -0.39 is 28.2 Å². The van der Waals surface area contributed by atoms with Crippen LogP contribution in [0.4, 0.5) is 13.2 Å². The molecule has 0 aliphatic heterocycles. The first kappa shape index (κ1) is 32.2. The molecule has 2 aromatic rings. The van der Waals surface area contributed by atoms with Gasteiger partial charge in [-0.3, -0.25) is 0 Å². The highest BCUT2D eigenvalue weighted by Gasteiger charge is 2.27. The van der Waals surface area contributed by atoms with Crippen LogP contribution in [0.15, 0.2) is 48.5 Å². The number of phenolic OH excluding ortho intramolecular Hbond substituents is 1. The van der Waals surface area contributed by atoms with Gasteiger partial charge >= 0.3 is 6.18 Å². The number of allylic oxidation sites excluding steroid dienone is 2. The molecular weight excluding hydrogens is 535 g/mol. The fraction of sp³-hybridized carbons (Fsp3) is 0.562. The molecule has 0 saturated carbocycles. The van der Waals surface area contributed by atoms with E-state index in [2.05, 4.69) is 42.2 Å². The average molecular weight is 580 g/mol. The van der Waals surface area contributed by atoms with E-state index in [0.717, 1.165) is 64.5 Å². The van der Waals surface area contributed by atoms with Gasteiger partial charge in [0.05, 0.1) is 11.5 Å². The normalized spacial score (nSPS) is 14.4. The lowest BCUT2D eigenvalue weighted by Gasteiger charge is -2.20. The maximum absolute atomic E-state index is 12.3. The van der Waals surface area contributed by atoms with E-state index in [1.807, 2.05) is 12.1 Å². The van der Waals surface area contributed by atoms with Crippen LogP contribution in [0.3, 0.4) is 0 Å². The van der Waals surface area contributed by atoms with Crippen molar-refractivity contribution in [1.82, 2.24) is 4.90 Å². The highest BCUT2D eigenvalue weighted by atomic mass is 32.2. The molecule has 222 valence electrons. The van der Waals surface area contributed by atoms with E-state index in [0.29, 0.717) is 18.7 Å². The lowest BCUT2D eigenvalue weighted by Crippen LogP contribution is -2.27. The van der Waals surface area contributed by atoms with E-state index in [1.165, 1.54) is 27.8 Å². The summed E-state index contributed by atoms with van der Waals surface area (Å²) in [5.41, 5.74) is 6.57. The van der Waals surface area contributed by atoms with Crippen LogP contribution < -0.4 is 0 Å². The van der Waals surface area contributed by atoms with Gasteiger partial charge in [-0.25, -0.2) is 8.42 Å². The molecule has 0 spiro atoms. The number of benzene rings is 2. The molecule has 40 heavy (non-hydrogen) atoms. The van der Waals surface area contributed by atoms with Crippen molar-refractivity contribution < 1.29 is 26.7 Å². The highest BCUT2D eigenvalue weighted by Crippen LogP contribution is 2.39. The topological polar surface area (TPSA) is 57.6 Å². The minimum Gasteiger partial charge on any atom is -0.508 e. The van der Waals surface area contributed by atoms with Gasteiger partial charge in [0.2, 0.25) is 0 Å². The largest absolute Gasteiger partial charge is 0.508 e. The first-order valence-electron chi connectivity index (χ1n) is 14.7. The quantitative estimate of drug-likeness (QED) is 0.204. The number of phenols is 1. The maximum Gasteiger partial charge on any atom is 0.389 e. The molecule has 1 aliphatic carbocycles. The fourth-order valence-corrected chi connectivity index (χ4v) is 6.97. The molecule has 0 amide bonds. The lowest BCUT2D eigenvalue weighted by atomic mass is 9.89. The molecule has 0 bridgehead atoms. The lowest BCUT2D eigenvalue weighted by molar-refractivity contribution is -0.134. The van der Waals surface area contributed by atoms with Gasteiger partial charge < -0.3 is 10.0 Å². The van der Waals surface area contributed by atoms with Crippen molar-refractivity contribution in [2.24, 2.45) is 0 Å². The summed E-state index contributed by atoms with van der Waals surface area (Å²) in [5, 5.41) is 10.1. The monoisotopic (exact) mass is 579 g/mol. The standard InChI is InChI=1S/C32H44F3NO3S/c1-2-36(22-12-24-40(38,39)23-11-20-32(33,34)35)21-9-4-3-8-16-31-29(26-13-6-5-7-14-26)17-10-15-27-25-28(37)18-19-30(27)31/h5-7,13-14,18-19,25,37H,2-4,8-12,15-17,20-24H2,1H3. The molecule has 3 rings (SSSR count). The predicted octanol–water partition coefficient (Wildman–Crippen LogP) is 8.06. The van der Waals surface area contributed by atoms with Gasteiger partial charge in [-0.05, 0) is 111 Å². The Labute approximate surface area is 238 Å². The number of sulfone groups is 1. The summed E-state index contributed by atoms with van der Waals surface area (Å²) in [4.78, 5) is 2.23. The summed E-state index contributed by atoms with van der Waals surface area (Å²) in [7, 11) is -3.45. The second-order valence-corrected chi connectivity index (χ2v) is 13.1. The molecule has 0 fully saturated rings. The molecule has 0 atom stereocenters. The zero-order chi connectivity index (χ0) is 29.0. The van der Waals surface area contributed by atoms with E-state index in [1.54, 1.807) is 6.07 Å². The first-order chi connectivity index (χ1) is 19.1. The molecule has 4 nitrogen and oxygen atoms in total. The second kappa shape index (κ2) is 15.6. The number of halogens is 3. The third-order valence-corrected chi connectivity index (χ3v) is 9.54. The molecule has 1 N–H and O–H groups in total. The van der Waals surface area contributed by atoms with Gasteiger partial charge in [-0.15, -0.1) is 0 Å².